The predicted molar refractivity (Wildman–Crippen MR) is 100 cm³/mol. The summed E-state index contributed by atoms with van der Waals surface area (Å²) in [6, 6.07) is 13.6. The van der Waals surface area contributed by atoms with Crippen LogP contribution in [-0.4, -0.2) is 39.3 Å². The van der Waals surface area contributed by atoms with Crippen LogP contribution in [0.2, 0.25) is 0 Å². The molecule has 2 aromatic carbocycles. The second-order valence-corrected chi connectivity index (χ2v) is 6.89. The highest BCUT2D eigenvalue weighted by Gasteiger charge is 2.27. The molecule has 0 spiro atoms. The van der Waals surface area contributed by atoms with Crippen LogP contribution in [0.3, 0.4) is 0 Å². The minimum atomic E-state index is -0.877. The number of aromatic carboxylic acids is 1. The topological polar surface area (TPSA) is 69.2 Å². The minimum absolute atomic E-state index is 0.207. The molecule has 138 valence electrons. The van der Waals surface area contributed by atoms with Crippen LogP contribution >= 0.6 is 0 Å². The average Bonchev–Trinajstić information content (AvgIpc) is 3.32. The van der Waals surface area contributed by atoms with Gasteiger partial charge in [-0.15, -0.1) is 0 Å². The van der Waals surface area contributed by atoms with E-state index in [4.69, 9.17) is 0 Å². The number of likely N-dealkylation sites (tertiary alicyclic amines) is 1. The van der Waals surface area contributed by atoms with E-state index in [-0.39, 0.29) is 11.7 Å². The average molecular weight is 365 g/mol. The van der Waals surface area contributed by atoms with Gasteiger partial charge >= 0.3 is 5.97 Å². The Hall–Kier alpha value is -2.99. The molecule has 1 atom stereocenters. The number of rotatable bonds is 5. The van der Waals surface area contributed by atoms with Gasteiger partial charge in [0.15, 0.2) is 0 Å². The van der Waals surface area contributed by atoms with E-state index in [9.17, 15) is 14.3 Å². The molecule has 27 heavy (non-hydrogen) atoms. The van der Waals surface area contributed by atoms with Crippen LogP contribution in [0.1, 0.15) is 33.8 Å². The highest BCUT2D eigenvalue weighted by Crippen LogP contribution is 2.31. The predicted octanol–water partition coefficient (Wildman–Crippen LogP) is 3.90. The number of carboxylic acids is 1. The largest absolute Gasteiger partial charge is 0.478 e. The number of carbonyl (C=O) groups is 1. The van der Waals surface area contributed by atoms with Gasteiger partial charge in [0.05, 0.1) is 17.5 Å². The molecule has 1 saturated heterocycles. The Bertz CT molecular complexity index is 952. The van der Waals surface area contributed by atoms with Crippen LogP contribution in [0, 0.1) is 5.82 Å². The maximum Gasteiger partial charge on any atom is 0.335 e. The van der Waals surface area contributed by atoms with Crippen LogP contribution in [-0.2, 0) is 6.54 Å². The number of nitrogens with one attached hydrogen (secondary N) is 1. The number of carboxylic acid groups (broad SMARTS) is 1. The molecule has 0 bridgehead atoms. The SMILES string of the molecule is O=C(O)c1ccccc1[C@@H]1CCN(Cc2cn[nH]c2-c2ccc(F)cc2)C1. The zero-order valence-electron chi connectivity index (χ0n) is 14.7. The summed E-state index contributed by atoms with van der Waals surface area (Å²) in [6.45, 7) is 2.42. The first kappa shape index (κ1) is 17.4. The van der Waals surface area contributed by atoms with Crippen molar-refractivity contribution in [1.82, 2.24) is 15.1 Å². The van der Waals surface area contributed by atoms with Crippen molar-refractivity contribution in [3.63, 3.8) is 0 Å². The lowest BCUT2D eigenvalue weighted by Crippen LogP contribution is -2.20. The molecular formula is C21H20FN3O2. The van der Waals surface area contributed by atoms with Crippen LogP contribution in [0.5, 0.6) is 0 Å². The number of benzene rings is 2. The molecular weight excluding hydrogens is 345 g/mol. The summed E-state index contributed by atoms with van der Waals surface area (Å²) < 4.78 is 13.2. The third-order valence-electron chi connectivity index (χ3n) is 5.15. The van der Waals surface area contributed by atoms with Crippen molar-refractivity contribution in [3.05, 3.63) is 77.2 Å². The van der Waals surface area contributed by atoms with Crippen LogP contribution in [0.15, 0.2) is 54.7 Å². The van der Waals surface area contributed by atoms with E-state index >= 15 is 0 Å². The van der Waals surface area contributed by atoms with E-state index in [1.54, 1.807) is 30.5 Å². The summed E-state index contributed by atoms with van der Waals surface area (Å²) in [7, 11) is 0. The van der Waals surface area contributed by atoms with Gasteiger partial charge in [0.25, 0.3) is 0 Å². The molecule has 0 aliphatic carbocycles. The normalized spacial score (nSPS) is 17.3. The highest BCUT2D eigenvalue weighted by atomic mass is 19.1. The fraction of sp³-hybridized carbons (Fsp3) is 0.238. The van der Waals surface area contributed by atoms with Crippen molar-refractivity contribution in [2.24, 2.45) is 0 Å². The van der Waals surface area contributed by atoms with E-state index in [0.29, 0.717) is 5.56 Å². The molecule has 2 heterocycles. The van der Waals surface area contributed by atoms with Gasteiger partial charge < -0.3 is 5.11 Å². The second-order valence-electron chi connectivity index (χ2n) is 6.89. The van der Waals surface area contributed by atoms with Crippen LogP contribution in [0.4, 0.5) is 4.39 Å². The van der Waals surface area contributed by atoms with Gasteiger partial charge in [-0.25, -0.2) is 9.18 Å². The van der Waals surface area contributed by atoms with E-state index in [2.05, 4.69) is 15.1 Å². The van der Waals surface area contributed by atoms with Gasteiger partial charge in [-0.3, -0.25) is 10.00 Å². The van der Waals surface area contributed by atoms with E-state index in [1.165, 1.54) is 12.1 Å². The quantitative estimate of drug-likeness (QED) is 0.719. The van der Waals surface area contributed by atoms with Gasteiger partial charge in [-0.1, -0.05) is 18.2 Å². The van der Waals surface area contributed by atoms with E-state index < -0.39 is 5.97 Å². The van der Waals surface area contributed by atoms with Gasteiger partial charge in [-0.2, -0.15) is 5.10 Å². The highest BCUT2D eigenvalue weighted by molar-refractivity contribution is 5.89. The van der Waals surface area contributed by atoms with Crippen molar-refractivity contribution in [3.8, 4) is 11.3 Å². The molecule has 0 radical (unpaired) electrons. The molecule has 4 rings (SSSR count). The maximum atomic E-state index is 13.2. The Kier molecular flexibility index (Phi) is 4.73. The summed E-state index contributed by atoms with van der Waals surface area (Å²) in [4.78, 5) is 13.8. The van der Waals surface area contributed by atoms with Crippen LogP contribution < -0.4 is 0 Å². The molecule has 3 aromatic rings. The first-order valence-electron chi connectivity index (χ1n) is 8.94. The summed E-state index contributed by atoms with van der Waals surface area (Å²) >= 11 is 0. The molecule has 0 amide bonds. The number of hydrogen-bond donors (Lipinski definition) is 2. The van der Waals surface area contributed by atoms with Crippen molar-refractivity contribution in [1.29, 1.82) is 0 Å². The Morgan fingerprint density at radius 1 is 1.22 bits per heavy atom. The van der Waals surface area contributed by atoms with Gasteiger partial charge in [-0.05, 0) is 54.8 Å². The Morgan fingerprint density at radius 2 is 2.00 bits per heavy atom. The lowest BCUT2D eigenvalue weighted by atomic mass is 9.93. The second kappa shape index (κ2) is 7.32. The third-order valence-corrected chi connectivity index (χ3v) is 5.15. The Balaban J connectivity index is 1.50. The molecule has 5 nitrogen and oxygen atoms in total. The monoisotopic (exact) mass is 365 g/mol. The number of aromatic nitrogens is 2. The van der Waals surface area contributed by atoms with E-state index in [1.807, 2.05) is 12.1 Å². The lowest BCUT2D eigenvalue weighted by molar-refractivity contribution is 0.0695. The summed E-state index contributed by atoms with van der Waals surface area (Å²) in [5, 5.41) is 16.6. The summed E-state index contributed by atoms with van der Waals surface area (Å²) in [6.07, 6.45) is 2.73. The number of aromatic amines is 1. The molecule has 0 saturated carbocycles. The fourth-order valence-electron chi connectivity index (χ4n) is 3.82. The molecule has 1 aliphatic heterocycles. The first-order valence-corrected chi connectivity index (χ1v) is 8.94. The molecule has 1 aromatic heterocycles. The number of halogens is 1. The number of H-pyrrole nitrogens is 1. The molecule has 6 heteroatoms. The molecule has 1 fully saturated rings. The van der Waals surface area contributed by atoms with Gasteiger partial charge in [0.1, 0.15) is 5.82 Å². The number of hydrogen-bond acceptors (Lipinski definition) is 3. The first-order chi connectivity index (χ1) is 13.1. The Morgan fingerprint density at radius 3 is 2.78 bits per heavy atom. The Labute approximate surface area is 156 Å². The molecule has 1 aliphatic rings. The summed E-state index contributed by atoms with van der Waals surface area (Å²) in [5.41, 5.74) is 4.13. The van der Waals surface area contributed by atoms with Gasteiger partial charge in [0.2, 0.25) is 0 Å². The third kappa shape index (κ3) is 3.61. The van der Waals surface area contributed by atoms with Crippen LogP contribution in [0.25, 0.3) is 11.3 Å². The summed E-state index contributed by atoms with van der Waals surface area (Å²) in [5.74, 6) is -0.935. The van der Waals surface area contributed by atoms with Gasteiger partial charge in [0, 0.05) is 24.2 Å². The standard InChI is InChI=1S/C21H20FN3O2/c22-17-7-5-14(6-8-17)20-16(11-23-24-20)13-25-10-9-15(12-25)18-3-1-2-4-19(18)21(26)27/h1-8,11,15H,9-10,12-13H2,(H,23,24)(H,26,27)/t15-/m1/s1. The van der Waals surface area contributed by atoms with Crippen molar-refractivity contribution >= 4 is 5.97 Å². The maximum absolute atomic E-state index is 13.2. The van der Waals surface area contributed by atoms with Crippen molar-refractivity contribution in [2.45, 2.75) is 18.9 Å². The minimum Gasteiger partial charge on any atom is -0.478 e. The number of nitrogens with zero attached hydrogens (tertiary/aromatic N) is 2. The van der Waals surface area contributed by atoms with Crippen molar-refractivity contribution in [2.75, 3.05) is 13.1 Å². The fourth-order valence-corrected chi connectivity index (χ4v) is 3.82. The zero-order chi connectivity index (χ0) is 18.8. The van der Waals surface area contributed by atoms with E-state index in [0.717, 1.165) is 48.4 Å². The smallest absolute Gasteiger partial charge is 0.335 e. The zero-order valence-corrected chi connectivity index (χ0v) is 14.7. The van der Waals surface area contributed by atoms with Crippen molar-refractivity contribution < 1.29 is 14.3 Å². The molecule has 0 unspecified atom stereocenters. The molecule has 2 N–H and O–H groups in total. The lowest BCUT2D eigenvalue weighted by Gasteiger charge is -2.17.